The van der Waals surface area contributed by atoms with E-state index in [9.17, 15) is 14.4 Å². The largest absolute Gasteiger partial charge is 3.00 e. The van der Waals surface area contributed by atoms with Crippen LogP contribution in [0, 0.1) is 41.5 Å². The van der Waals surface area contributed by atoms with Crippen LogP contribution in [0.2, 0.25) is 10.3 Å². The molecule has 0 saturated carbocycles. The van der Waals surface area contributed by atoms with Crippen molar-refractivity contribution in [2.45, 2.75) is 73.8 Å². The average Bonchev–Trinajstić information content (AvgIpc) is 0.821. The van der Waals surface area contributed by atoms with Crippen molar-refractivity contribution in [3.8, 4) is 11.6 Å². The van der Waals surface area contributed by atoms with Gasteiger partial charge in [-0.1, -0.05) is 127 Å². The number of halogens is 6. The number of hydrogen-bond donors (Lipinski definition) is 4. The normalized spacial score (nSPS) is 10.8. The molecule has 30 heteroatoms. The molecule has 0 aliphatic carbocycles. The number of nitrogens with one attached hydrogen (secondary N) is 2. The van der Waals surface area contributed by atoms with Crippen molar-refractivity contribution >= 4 is 171 Å². The zero-order chi connectivity index (χ0) is 84.3. The van der Waals surface area contributed by atoms with Crippen LogP contribution in [0.4, 0.5) is 17.1 Å². The molecule has 2 aliphatic heterocycles. The number of H-pyrrole nitrogens is 2. The molecule has 5 aromatic heterocycles. The van der Waals surface area contributed by atoms with Gasteiger partial charge in [0.1, 0.15) is 48.4 Å². The van der Waals surface area contributed by atoms with E-state index in [0.29, 0.717) is 39.1 Å². The maximum atomic E-state index is 11.5. The summed E-state index contributed by atoms with van der Waals surface area (Å²) in [5.74, 6) is 0.411. The fraction of sp³-hybridized carbons (Fsp3) is 0.238. The first kappa shape index (κ1) is 110. The SMILES string of the molecule is C=C.C=C.C=O.COc1ccc(COc2ncnc3cc(Br)ccc23)cc1.Clc1ncnc2cc(Br)ccc12.Clc1ncnc2cc(N3CCOCC3)ccc12.Nc1cc(Br)ccc1C(=O)O.O=c1[nH]cnc2cc(Br)ccc12.O=c1[nH]cnc2cc(N3CCOCC3)ccc12.[CH2-]C.[CH2-]C.[CH2-]CC.[CH2-]CC.[CH2-]CC.[CH2-]CC.[Ni+3].[Ni+3]. The van der Waals surface area contributed by atoms with E-state index in [2.05, 4.69) is 197 Å². The van der Waals surface area contributed by atoms with Gasteiger partial charge < -0.3 is 95.9 Å². The van der Waals surface area contributed by atoms with Gasteiger partial charge in [0, 0.05) is 71.9 Å². The van der Waals surface area contributed by atoms with Crippen molar-refractivity contribution in [2.75, 3.05) is 75.2 Å². The monoisotopic (exact) mass is 1940 g/mol. The molecular weight excluding hydrogens is 1840 g/mol. The van der Waals surface area contributed by atoms with Gasteiger partial charge in [-0.05, 0) is 127 Å². The number of nitrogens with two attached hydrogens (primary N) is 1. The summed E-state index contributed by atoms with van der Waals surface area (Å²) in [4.78, 5) is 83.6. The molecular formula is C84H101Br4Cl2N13Ni2O9. The number of aromatic nitrogens is 10. The van der Waals surface area contributed by atoms with E-state index in [1.165, 1.54) is 37.7 Å². The Morgan fingerprint density at radius 3 is 1.22 bits per heavy atom. The number of fused-ring (bicyclic) bond motifs is 5. The van der Waals surface area contributed by atoms with Crippen LogP contribution in [0.15, 0.2) is 219 Å². The summed E-state index contributed by atoms with van der Waals surface area (Å²) >= 11 is 25.1. The minimum Gasteiger partial charge on any atom is -0.497 e. The van der Waals surface area contributed by atoms with E-state index in [4.69, 9.17) is 57.8 Å². The second kappa shape index (κ2) is 67.1. The van der Waals surface area contributed by atoms with Crippen molar-refractivity contribution in [2.24, 2.45) is 0 Å². The number of anilines is 3. The smallest absolute Gasteiger partial charge is 0.497 e. The first-order valence-electron chi connectivity index (χ1n) is 34.8. The van der Waals surface area contributed by atoms with Gasteiger partial charge in [-0.25, -0.2) is 44.7 Å². The van der Waals surface area contributed by atoms with Gasteiger partial charge in [-0.2, -0.15) is 39.5 Å². The maximum absolute atomic E-state index is 11.5. The van der Waals surface area contributed by atoms with Gasteiger partial charge in [-0.15, -0.1) is 26.3 Å². The number of aromatic amines is 2. The number of nitrogen functional groups attached to an aromatic ring is 1. The summed E-state index contributed by atoms with van der Waals surface area (Å²) < 4.78 is 25.3. The number of aromatic carboxylic acids is 1. The number of methoxy groups -OCH3 is 1. The molecule has 12 aromatic rings. The molecule has 0 unspecified atom stereocenters. The fourth-order valence-electron chi connectivity index (χ4n) is 8.87. The summed E-state index contributed by atoms with van der Waals surface area (Å²) in [6.45, 7) is 53.1. The predicted octanol–water partition coefficient (Wildman–Crippen LogP) is 21.3. The number of ether oxygens (including phenoxy) is 4. The number of hydrogen-bond acceptors (Lipinski definition) is 19. The molecule has 0 amide bonds. The molecule has 7 heterocycles. The van der Waals surface area contributed by atoms with Gasteiger partial charge >= 0.3 is 39.0 Å². The van der Waals surface area contributed by atoms with Crippen molar-refractivity contribution in [1.82, 2.24) is 49.8 Å². The summed E-state index contributed by atoms with van der Waals surface area (Å²) in [5, 5.41) is 13.5. The van der Waals surface area contributed by atoms with E-state index in [0.717, 1.165) is 157 Å². The van der Waals surface area contributed by atoms with E-state index in [-0.39, 0.29) is 55.4 Å². The van der Waals surface area contributed by atoms with Crippen LogP contribution in [-0.2, 0) is 53.9 Å². The van der Waals surface area contributed by atoms with E-state index in [1.54, 1.807) is 39.2 Å². The van der Waals surface area contributed by atoms with Crippen LogP contribution in [-0.4, -0.2) is 127 Å². The van der Waals surface area contributed by atoms with Crippen molar-refractivity contribution in [3.63, 3.8) is 0 Å². The molecule has 14 rings (SSSR count). The molecule has 7 aromatic carbocycles. The molecule has 2 radical (unpaired) electrons. The third-order valence-corrected chi connectivity index (χ3v) is 16.0. The summed E-state index contributed by atoms with van der Waals surface area (Å²) in [7, 11) is 1.65. The molecule has 2 fully saturated rings. The topological polar surface area (TPSA) is 293 Å². The Labute approximate surface area is 735 Å². The van der Waals surface area contributed by atoms with Gasteiger partial charge in [-0.3, -0.25) is 9.59 Å². The second-order valence-electron chi connectivity index (χ2n) is 21.2. The molecule has 114 heavy (non-hydrogen) atoms. The number of carbonyl (C=O) groups excluding carboxylic acids is 1. The van der Waals surface area contributed by atoms with E-state index >= 15 is 0 Å². The average molecular weight is 1940 g/mol. The van der Waals surface area contributed by atoms with Crippen LogP contribution >= 0.6 is 86.9 Å². The van der Waals surface area contributed by atoms with Gasteiger partial charge in [0.25, 0.3) is 11.1 Å². The number of nitrogens with zero attached hydrogens (tertiary/aromatic N) is 10. The Morgan fingerprint density at radius 2 is 0.825 bits per heavy atom. The number of carboxylic acids is 1. The Kier molecular flexibility index (Phi) is 64.7. The van der Waals surface area contributed by atoms with Crippen molar-refractivity contribution < 1.29 is 66.6 Å². The Morgan fingerprint density at radius 1 is 0.500 bits per heavy atom. The second-order valence-corrected chi connectivity index (χ2v) is 25.6. The number of morpholine rings is 2. The Hall–Kier alpha value is -8.13. The first-order valence-corrected chi connectivity index (χ1v) is 38.7. The molecule has 22 nitrogen and oxygen atoms in total. The zero-order valence-corrected chi connectivity index (χ0v) is 75.1. The maximum Gasteiger partial charge on any atom is 3.00 e. The standard InChI is InChI=1S/C16H13BrN2O2.C12H12ClN3O.C12H13N3O2.C8H4BrClN2.C8H5BrN2O.C7H6BrNO2.4C3H7.2C2H5.2C2H4.CH2O.2Ni/c1-20-13-5-2-11(3-6-13)9-21-16-14-7-4-12(17)8-15(14)18-10-19-16;13-12-10-2-1-9(7-11(10)14-8-15-12)16-3-5-17-6-4-16;16-12-10-2-1-9(7-11(10)13-8-14-12)15-3-5-17-6-4-15;9-5-1-2-6-7(3-5)11-4-12-8(6)10;9-5-1-2-6-7(3-5)10-4-11-8(6)12;8-4-1-2-5(7(10)11)6(9)3-4;4*1-3-2;5*1-2;;/h2-8,10H,9H2,1H3;1-2,7-8H,3-6H2;1-2,7-8H,3-6H2,(H,13,14,16);1-4H;1-4H,(H,10,11,12);1-3H,9H2,(H,10,11);4*1,3H2,2H3;2*1H2,2H3;2*1-2H2;1H2;;/q;;;;;;6*-1;;;;2*+3. The molecule has 0 atom stereocenters. The van der Waals surface area contributed by atoms with Crippen LogP contribution in [0.3, 0.4) is 0 Å². The van der Waals surface area contributed by atoms with Gasteiger partial charge in [0.15, 0.2) is 0 Å². The van der Waals surface area contributed by atoms with E-state index < -0.39 is 5.97 Å². The molecule has 2 saturated heterocycles. The molecule has 2 aliphatic rings. The molecule has 5 N–H and O–H groups in total. The summed E-state index contributed by atoms with van der Waals surface area (Å²) in [5.41, 5.74) is 13.0. The minimum atomic E-state index is -1.00. The summed E-state index contributed by atoms with van der Waals surface area (Å²) in [6.07, 6.45) is 11.3. The Balaban J connectivity index is -0.00000124. The number of carbonyl (C=O) groups is 2. The number of carboxylic acid groups (broad SMARTS) is 1. The van der Waals surface area contributed by atoms with Crippen LogP contribution in [0.5, 0.6) is 11.6 Å². The zero-order valence-electron chi connectivity index (χ0n) is 65.2. The molecule has 618 valence electrons. The number of benzene rings is 7. The van der Waals surface area contributed by atoms with Crippen molar-refractivity contribution in [3.05, 3.63) is 293 Å². The van der Waals surface area contributed by atoms with Crippen molar-refractivity contribution in [1.29, 1.82) is 0 Å². The van der Waals surface area contributed by atoms with Crippen LogP contribution < -0.4 is 36.1 Å². The van der Waals surface area contributed by atoms with Gasteiger partial charge in [0.05, 0.1) is 95.5 Å². The van der Waals surface area contributed by atoms with Crippen LogP contribution in [0.1, 0.15) is 83.1 Å². The predicted molar refractivity (Wildman–Crippen MR) is 480 cm³/mol. The minimum absolute atomic E-state index is 0. The van der Waals surface area contributed by atoms with E-state index in [1.807, 2.05) is 138 Å². The molecule has 0 bridgehead atoms. The quantitative estimate of drug-likeness (QED) is 0.0379. The third kappa shape index (κ3) is 40.4. The fourth-order valence-corrected chi connectivity index (χ4v) is 10.7. The Bertz CT molecular complexity index is 4720. The van der Waals surface area contributed by atoms with Crippen LogP contribution in [0.25, 0.3) is 54.5 Å². The first-order chi connectivity index (χ1) is 54.3. The number of rotatable bonds is 7. The summed E-state index contributed by atoms with van der Waals surface area (Å²) in [6, 6.07) is 41.2. The van der Waals surface area contributed by atoms with Gasteiger partial charge in [0.2, 0.25) is 5.88 Å². The molecule has 0 spiro atoms. The third-order valence-electron chi connectivity index (χ3n) is 13.4.